The van der Waals surface area contributed by atoms with Crippen LogP contribution in [-0.2, 0) is 0 Å². The molecule has 0 amide bonds. The molecule has 0 fully saturated rings. The van der Waals surface area contributed by atoms with Gasteiger partial charge in [0.2, 0.25) is 0 Å². The quantitative estimate of drug-likeness (QED) is 0.228. The molecule has 0 saturated carbocycles. The molecule has 1 aliphatic heterocycles. The average molecular weight is 563 g/mol. The van der Waals surface area contributed by atoms with Crippen LogP contribution in [0.5, 0.6) is 0 Å². The van der Waals surface area contributed by atoms with Crippen molar-refractivity contribution in [3.63, 3.8) is 0 Å². The van der Waals surface area contributed by atoms with Crippen molar-refractivity contribution in [2.24, 2.45) is 0 Å². The fraction of sp³-hybridized carbons (Fsp3) is 0. The lowest BCUT2D eigenvalue weighted by Crippen LogP contribution is -2.12. The molecule has 4 heterocycles. The molecule has 5 aromatic carbocycles. The minimum atomic E-state index is 0.818. The maximum atomic E-state index is 5.28. The Kier molecular flexibility index (Phi) is 5.47. The van der Waals surface area contributed by atoms with E-state index in [0.29, 0.717) is 0 Å². The van der Waals surface area contributed by atoms with Gasteiger partial charge in [-0.2, -0.15) is 0 Å². The summed E-state index contributed by atoms with van der Waals surface area (Å²) >= 11 is 0. The van der Waals surface area contributed by atoms with Crippen molar-refractivity contribution >= 4 is 39.0 Å². The molecule has 0 unspecified atom stereocenters. The first-order valence-electron chi connectivity index (χ1n) is 14.8. The standard InChI is InChI=1S/C40H26N4/c1-3-11-26(12-4-1)28-24-36-34-20-9-19-33-32-18-8-17-31(39(32)43-40(33)34)27-13-7-16-30(23-27)44(29-14-5-2-6-15-29)38-22-10-21-35(42-38)37(25-28)41-36/h1-25,43H. The second kappa shape index (κ2) is 9.79. The van der Waals surface area contributed by atoms with Gasteiger partial charge in [0.1, 0.15) is 5.82 Å². The Morgan fingerprint density at radius 3 is 1.86 bits per heavy atom. The highest BCUT2D eigenvalue weighted by Crippen LogP contribution is 2.41. The van der Waals surface area contributed by atoms with Crippen molar-refractivity contribution < 1.29 is 0 Å². The number of fused-ring (bicyclic) bond motifs is 10. The van der Waals surface area contributed by atoms with Gasteiger partial charge in [-0.1, -0.05) is 103 Å². The van der Waals surface area contributed by atoms with Gasteiger partial charge in [-0.05, 0) is 65.2 Å². The highest BCUT2D eigenvalue weighted by molar-refractivity contribution is 6.15. The number of benzene rings is 5. The molecule has 8 aromatic rings. The monoisotopic (exact) mass is 562 g/mol. The van der Waals surface area contributed by atoms with Gasteiger partial charge in [-0.3, -0.25) is 4.90 Å². The van der Waals surface area contributed by atoms with Crippen molar-refractivity contribution in [1.29, 1.82) is 0 Å². The molecule has 9 rings (SSSR count). The molecular formula is C40H26N4. The van der Waals surface area contributed by atoms with Crippen LogP contribution in [-0.4, -0.2) is 15.0 Å². The molecule has 1 N–H and O–H groups in total. The lowest BCUT2D eigenvalue weighted by atomic mass is 9.99. The predicted octanol–water partition coefficient (Wildman–Crippen LogP) is 10.6. The molecule has 3 aromatic heterocycles. The number of hydrogen-bond acceptors (Lipinski definition) is 3. The molecule has 44 heavy (non-hydrogen) atoms. The summed E-state index contributed by atoms with van der Waals surface area (Å²) in [5.41, 5.74) is 12.4. The van der Waals surface area contributed by atoms with Crippen LogP contribution in [0.2, 0.25) is 0 Å². The minimum Gasteiger partial charge on any atom is -0.353 e. The molecule has 206 valence electrons. The Bertz CT molecular complexity index is 2340. The number of rotatable bonds is 2. The van der Waals surface area contributed by atoms with Crippen molar-refractivity contribution in [3.05, 3.63) is 152 Å². The molecule has 4 nitrogen and oxygen atoms in total. The third-order valence-electron chi connectivity index (χ3n) is 8.53. The van der Waals surface area contributed by atoms with E-state index in [-0.39, 0.29) is 0 Å². The first-order valence-corrected chi connectivity index (χ1v) is 14.8. The van der Waals surface area contributed by atoms with Crippen LogP contribution in [0, 0.1) is 0 Å². The van der Waals surface area contributed by atoms with Gasteiger partial charge in [0.15, 0.2) is 0 Å². The van der Waals surface area contributed by atoms with Gasteiger partial charge in [0, 0.05) is 33.3 Å². The summed E-state index contributed by atoms with van der Waals surface area (Å²) in [6, 6.07) is 53.3. The first-order chi connectivity index (χ1) is 21.8. The third-order valence-corrected chi connectivity index (χ3v) is 8.53. The van der Waals surface area contributed by atoms with Crippen LogP contribution in [0.3, 0.4) is 0 Å². The number of H-pyrrole nitrogens is 1. The van der Waals surface area contributed by atoms with Crippen molar-refractivity contribution in [3.8, 4) is 44.9 Å². The molecule has 1 aliphatic rings. The van der Waals surface area contributed by atoms with Crippen LogP contribution < -0.4 is 4.90 Å². The molecule has 8 bridgehead atoms. The second-order valence-electron chi connectivity index (χ2n) is 11.2. The number of nitrogens with zero attached hydrogens (tertiary/aromatic N) is 3. The summed E-state index contributed by atoms with van der Waals surface area (Å²) < 4.78 is 0. The Hall–Kier alpha value is -6.00. The smallest absolute Gasteiger partial charge is 0.138 e. The van der Waals surface area contributed by atoms with E-state index in [0.717, 1.165) is 73.1 Å². The van der Waals surface area contributed by atoms with Gasteiger partial charge in [0.05, 0.1) is 28.1 Å². The van der Waals surface area contributed by atoms with Crippen LogP contribution in [0.15, 0.2) is 152 Å². The maximum Gasteiger partial charge on any atom is 0.138 e. The Morgan fingerprint density at radius 1 is 0.409 bits per heavy atom. The minimum absolute atomic E-state index is 0.818. The highest BCUT2D eigenvalue weighted by Gasteiger charge is 2.20. The summed E-state index contributed by atoms with van der Waals surface area (Å²) in [6.07, 6.45) is 0. The van der Waals surface area contributed by atoms with Gasteiger partial charge < -0.3 is 4.98 Å². The molecule has 0 saturated heterocycles. The molecule has 0 radical (unpaired) electrons. The largest absolute Gasteiger partial charge is 0.353 e. The van der Waals surface area contributed by atoms with Crippen LogP contribution in [0.1, 0.15) is 0 Å². The fourth-order valence-corrected chi connectivity index (χ4v) is 6.49. The van der Waals surface area contributed by atoms with Crippen molar-refractivity contribution in [1.82, 2.24) is 15.0 Å². The summed E-state index contributed by atoms with van der Waals surface area (Å²) in [6.45, 7) is 0. The van der Waals surface area contributed by atoms with Gasteiger partial charge in [-0.25, -0.2) is 9.97 Å². The molecule has 0 aliphatic carbocycles. The van der Waals surface area contributed by atoms with E-state index in [9.17, 15) is 0 Å². The average Bonchev–Trinajstić information content (AvgIpc) is 3.48. The summed E-state index contributed by atoms with van der Waals surface area (Å²) in [5.74, 6) is 0.830. The topological polar surface area (TPSA) is 44.8 Å². The number of aromatic nitrogens is 3. The van der Waals surface area contributed by atoms with E-state index in [4.69, 9.17) is 9.97 Å². The number of para-hydroxylation sites is 3. The van der Waals surface area contributed by atoms with Crippen molar-refractivity contribution in [2.75, 3.05) is 4.90 Å². The zero-order valence-corrected chi connectivity index (χ0v) is 23.8. The zero-order chi connectivity index (χ0) is 29.0. The summed E-state index contributed by atoms with van der Waals surface area (Å²) in [4.78, 5) is 16.6. The van der Waals surface area contributed by atoms with E-state index in [1.807, 2.05) is 6.07 Å². The van der Waals surface area contributed by atoms with E-state index in [1.54, 1.807) is 0 Å². The number of aromatic amines is 1. The van der Waals surface area contributed by atoms with Crippen molar-refractivity contribution in [2.45, 2.75) is 0 Å². The first kappa shape index (κ1) is 24.6. The lowest BCUT2D eigenvalue weighted by molar-refractivity contribution is 1.17. The summed E-state index contributed by atoms with van der Waals surface area (Å²) in [7, 11) is 0. The molecule has 0 atom stereocenters. The normalized spacial score (nSPS) is 12.0. The number of hydrogen-bond donors (Lipinski definition) is 1. The van der Waals surface area contributed by atoms with Crippen LogP contribution >= 0.6 is 0 Å². The van der Waals surface area contributed by atoms with Gasteiger partial charge in [0.25, 0.3) is 0 Å². The van der Waals surface area contributed by atoms with Gasteiger partial charge >= 0.3 is 0 Å². The van der Waals surface area contributed by atoms with E-state index in [2.05, 4.69) is 155 Å². The van der Waals surface area contributed by atoms with E-state index < -0.39 is 0 Å². The van der Waals surface area contributed by atoms with E-state index >= 15 is 0 Å². The predicted molar refractivity (Wildman–Crippen MR) is 181 cm³/mol. The number of nitrogens with one attached hydrogen (secondary N) is 1. The van der Waals surface area contributed by atoms with Crippen LogP contribution in [0.4, 0.5) is 17.2 Å². The lowest BCUT2D eigenvalue weighted by Gasteiger charge is -2.25. The Morgan fingerprint density at radius 2 is 1.05 bits per heavy atom. The third kappa shape index (κ3) is 3.92. The summed E-state index contributed by atoms with van der Waals surface area (Å²) in [5, 5.41) is 2.38. The number of pyridine rings is 2. The van der Waals surface area contributed by atoms with Gasteiger partial charge in [-0.15, -0.1) is 0 Å². The SMILES string of the molecule is c1ccc(-c2cc3nc(c2)-c2cccc4c2[nH]c2c(cccc24)-c2cccc(c2)N(c2ccccc2)c2cccc-3n2)cc1. The van der Waals surface area contributed by atoms with E-state index in [1.165, 1.54) is 10.8 Å². The molecule has 0 spiro atoms. The Balaban J connectivity index is 1.42. The molecular weight excluding hydrogens is 536 g/mol. The number of anilines is 3. The Labute approximate surface area is 254 Å². The highest BCUT2D eigenvalue weighted by atomic mass is 15.2. The fourth-order valence-electron chi connectivity index (χ4n) is 6.49. The molecule has 4 heteroatoms. The zero-order valence-electron chi connectivity index (χ0n) is 23.8. The second-order valence-corrected chi connectivity index (χ2v) is 11.2. The maximum absolute atomic E-state index is 5.28. The van der Waals surface area contributed by atoms with Crippen LogP contribution in [0.25, 0.3) is 66.7 Å².